The van der Waals surface area contributed by atoms with E-state index in [9.17, 15) is 21.6 Å². The summed E-state index contributed by atoms with van der Waals surface area (Å²) in [6.45, 7) is 2.05. The second-order valence-corrected chi connectivity index (χ2v) is 14.7. The number of fused-ring (bicyclic) bond motifs is 1. The number of halogens is 3. The molecule has 46 heavy (non-hydrogen) atoms. The molecule has 8 nitrogen and oxygen atoms in total. The molecule has 12 heteroatoms. The Hall–Kier alpha value is -3.40. The Bertz CT molecular complexity index is 1720. The summed E-state index contributed by atoms with van der Waals surface area (Å²) in [5.41, 5.74) is 2.24. The zero-order valence-corrected chi connectivity index (χ0v) is 27.1. The van der Waals surface area contributed by atoms with E-state index in [1.165, 1.54) is 30.2 Å². The average Bonchev–Trinajstić information content (AvgIpc) is 3.35. The Morgan fingerprint density at radius 3 is 2.41 bits per heavy atom. The molecule has 1 aromatic heterocycles. The number of hydrogen-bond acceptors (Lipinski definition) is 7. The first kappa shape index (κ1) is 32.5. The lowest BCUT2D eigenvalue weighted by atomic mass is 9.82. The molecular weight excluding hydrogens is 617 g/mol. The molecule has 0 atom stereocenters. The molecule has 2 aliphatic heterocycles. The second kappa shape index (κ2) is 13.0. The minimum absolute atomic E-state index is 0.113. The monoisotopic (exact) mass is 658 g/mol. The molecule has 2 saturated heterocycles. The molecule has 1 saturated carbocycles. The van der Waals surface area contributed by atoms with Gasteiger partial charge in [0.15, 0.2) is 9.84 Å². The van der Waals surface area contributed by atoms with E-state index in [2.05, 4.69) is 27.4 Å². The van der Waals surface area contributed by atoms with Crippen molar-refractivity contribution < 1.29 is 31.1 Å². The van der Waals surface area contributed by atoms with Gasteiger partial charge in [-0.15, -0.1) is 0 Å². The van der Waals surface area contributed by atoms with Crippen LogP contribution < -0.4 is 15.4 Å². The molecule has 3 aromatic rings. The third kappa shape index (κ3) is 7.27. The number of ether oxygens (including phenoxy) is 2. The van der Waals surface area contributed by atoms with Gasteiger partial charge in [0.25, 0.3) is 0 Å². The Morgan fingerprint density at radius 1 is 1.04 bits per heavy atom. The van der Waals surface area contributed by atoms with Crippen LogP contribution >= 0.6 is 0 Å². The maximum atomic E-state index is 13.7. The third-order valence-electron chi connectivity index (χ3n) is 9.72. The molecule has 1 spiro atoms. The highest BCUT2D eigenvalue weighted by Gasteiger charge is 2.42. The largest absolute Gasteiger partial charge is 0.495 e. The zero-order chi connectivity index (χ0) is 32.5. The highest BCUT2D eigenvalue weighted by molar-refractivity contribution is 7.90. The standard InChI is InChI=1S/C34H41F3N4O4S/c1-44-32-22-27(46(2,42)43)12-13-30(32)38-17-4-5-26-21-28-29(6-3-7-31(28)41(26)23-34(35,36)37)39-24-8-10-25(11-9-24)40-18-14-33(15-19-40)16-20-45-33/h3,6-7,12-13,21-22,24-25,38-39H,8-11,14-20,23H2,1-2H3/t24-,25+. The summed E-state index contributed by atoms with van der Waals surface area (Å²) < 4.78 is 77.3. The normalized spacial score (nSPS) is 21.8. The lowest BCUT2D eigenvalue weighted by molar-refractivity contribution is -0.176. The van der Waals surface area contributed by atoms with Gasteiger partial charge in [-0.05, 0) is 81.2 Å². The van der Waals surface area contributed by atoms with Gasteiger partial charge in [-0.2, -0.15) is 13.2 Å². The smallest absolute Gasteiger partial charge is 0.406 e. The molecule has 6 rings (SSSR count). The van der Waals surface area contributed by atoms with Crippen molar-refractivity contribution in [3.63, 3.8) is 0 Å². The number of sulfone groups is 1. The first-order chi connectivity index (χ1) is 21.9. The van der Waals surface area contributed by atoms with Crippen LogP contribution in [0, 0.1) is 11.8 Å². The molecule has 1 aliphatic carbocycles. The highest BCUT2D eigenvalue weighted by atomic mass is 32.2. The van der Waals surface area contributed by atoms with Gasteiger partial charge < -0.3 is 29.6 Å². The molecule has 2 N–H and O–H groups in total. The van der Waals surface area contributed by atoms with Crippen LogP contribution in [0.4, 0.5) is 24.5 Å². The molecule has 0 bridgehead atoms. The maximum absolute atomic E-state index is 13.7. The van der Waals surface area contributed by atoms with Crippen molar-refractivity contribution in [2.24, 2.45) is 0 Å². The molecule has 0 unspecified atom stereocenters. The molecule has 0 radical (unpaired) electrons. The number of aromatic nitrogens is 1. The van der Waals surface area contributed by atoms with Crippen molar-refractivity contribution in [2.45, 2.75) is 80.2 Å². The van der Waals surface area contributed by atoms with Gasteiger partial charge in [-0.3, -0.25) is 0 Å². The molecule has 3 aliphatic rings. The fourth-order valence-corrected chi connectivity index (χ4v) is 7.71. The van der Waals surface area contributed by atoms with Crippen LogP contribution in [0.15, 0.2) is 47.4 Å². The summed E-state index contributed by atoms with van der Waals surface area (Å²) >= 11 is 0. The zero-order valence-electron chi connectivity index (χ0n) is 26.3. The van der Waals surface area contributed by atoms with E-state index in [0.717, 1.165) is 70.2 Å². The summed E-state index contributed by atoms with van der Waals surface area (Å²) in [6, 6.07) is 12.4. The van der Waals surface area contributed by atoms with Crippen molar-refractivity contribution in [1.82, 2.24) is 9.47 Å². The molecule has 2 aromatic carbocycles. The van der Waals surface area contributed by atoms with E-state index >= 15 is 0 Å². The van der Waals surface area contributed by atoms with Crippen LogP contribution in [0.3, 0.4) is 0 Å². The number of nitrogens with zero attached hydrogens (tertiary/aromatic N) is 2. The van der Waals surface area contributed by atoms with E-state index in [1.54, 1.807) is 24.3 Å². The minimum Gasteiger partial charge on any atom is -0.495 e. The fraction of sp³-hybridized carbons (Fsp3) is 0.529. The van der Waals surface area contributed by atoms with Crippen molar-refractivity contribution in [2.75, 3.05) is 50.2 Å². The first-order valence-corrected chi connectivity index (χ1v) is 17.8. The number of benzene rings is 2. The minimum atomic E-state index is -4.42. The lowest BCUT2D eigenvalue weighted by Gasteiger charge is -2.50. The van der Waals surface area contributed by atoms with E-state index in [0.29, 0.717) is 28.4 Å². The van der Waals surface area contributed by atoms with Gasteiger partial charge in [0.1, 0.15) is 12.3 Å². The van der Waals surface area contributed by atoms with Crippen molar-refractivity contribution in [1.29, 1.82) is 0 Å². The number of likely N-dealkylation sites (tertiary alicyclic amines) is 1. The summed E-state index contributed by atoms with van der Waals surface area (Å²) in [6.07, 6.45) is 4.34. The Morgan fingerprint density at radius 2 is 1.78 bits per heavy atom. The number of anilines is 2. The lowest BCUT2D eigenvalue weighted by Crippen LogP contribution is -2.54. The van der Waals surface area contributed by atoms with Gasteiger partial charge in [0, 0.05) is 48.6 Å². The second-order valence-electron chi connectivity index (χ2n) is 12.7. The van der Waals surface area contributed by atoms with Crippen molar-refractivity contribution >= 4 is 32.1 Å². The van der Waals surface area contributed by atoms with Crippen LogP contribution in [-0.2, 0) is 21.1 Å². The predicted octanol–water partition coefficient (Wildman–Crippen LogP) is 6.06. The van der Waals surface area contributed by atoms with Gasteiger partial charge in [0.2, 0.25) is 0 Å². The highest BCUT2D eigenvalue weighted by Crippen LogP contribution is 2.39. The maximum Gasteiger partial charge on any atom is 0.406 e. The Balaban J connectivity index is 1.14. The number of rotatable bonds is 8. The Kier molecular flexibility index (Phi) is 9.20. The molecule has 0 amide bonds. The third-order valence-corrected chi connectivity index (χ3v) is 10.8. The average molecular weight is 659 g/mol. The number of piperidine rings is 1. The fourth-order valence-electron chi connectivity index (χ4n) is 7.07. The summed E-state index contributed by atoms with van der Waals surface area (Å²) in [5, 5.41) is 7.43. The number of alkyl halides is 3. The summed E-state index contributed by atoms with van der Waals surface area (Å²) in [5.74, 6) is 6.18. The van der Waals surface area contributed by atoms with Gasteiger partial charge in [0.05, 0.1) is 47.7 Å². The molecule has 3 fully saturated rings. The topological polar surface area (TPSA) is 84.8 Å². The molecule has 248 valence electrons. The van der Waals surface area contributed by atoms with Crippen molar-refractivity contribution in [3.05, 3.63) is 48.2 Å². The van der Waals surface area contributed by atoms with E-state index in [4.69, 9.17) is 9.47 Å². The van der Waals surface area contributed by atoms with E-state index in [-0.39, 0.29) is 28.8 Å². The van der Waals surface area contributed by atoms with Crippen LogP contribution in [0.1, 0.15) is 50.6 Å². The Labute approximate surface area is 268 Å². The van der Waals surface area contributed by atoms with Crippen molar-refractivity contribution in [3.8, 4) is 17.6 Å². The number of methoxy groups -OCH3 is 1. The molecule has 3 heterocycles. The van der Waals surface area contributed by atoms with E-state index < -0.39 is 22.6 Å². The van der Waals surface area contributed by atoms with Gasteiger partial charge >= 0.3 is 6.18 Å². The van der Waals surface area contributed by atoms with Gasteiger partial charge in [-0.1, -0.05) is 12.0 Å². The van der Waals surface area contributed by atoms with Gasteiger partial charge in [-0.25, -0.2) is 8.42 Å². The van der Waals surface area contributed by atoms with E-state index in [1.807, 2.05) is 6.07 Å². The number of hydrogen-bond donors (Lipinski definition) is 2. The van der Waals surface area contributed by atoms with Crippen LogP contribution in [0.25, 0.3) is 10.9 Å². The SMILES string of the molecule is COc1cc(S(C)(=O)=O)ccc1NCC#Cc1cc2c(N[C@H]3CC[C@@H](N4CCC5(CCO5)CC4)CC3)cccc2n1CC(F)(F)F. The quantitative estimate of drug-likeness (QED) is 0.285. The van der Waals surface area contributed by atoms with Crippen LogP contribution in [-0.4, -0.2) is 81.4 Å². The summed E-state index contributed by atoms with van der Waals surface area (Å²) in [7, 11) is -1.98. The number of nitrogens with one attached hydrogen (secondary N) is 2. The molecular formula is C34H41F3N4O4S. The summed E-state index contributed by atoms with van der Waals surface area (Å²) in [4.78, 5) is 2.75. The predicted molar refractivity (Wildman–Crippen MR) is 173 cm³/mol. The van der Waals surface area contributed by atoms with Crippen LogP contribution in [0.5, 0.6) is 5.75 Å². The van der Waals surface area contributed by atoms with Crippen LogP contribution in [0.2, 0.25) is 0 Å². The first-order valence-electron chi connectivity index (χ1n) is 15.9.